The second kappa shape index (κ2) is 10.8. The number of hydrogen-bond donors (Lipinski definition) is 3. The third-order valence-electron chi connectivity index (χ3n) is 7.90. The summed E-state index contributed by atoms with van der Waals surface area (Å²) in [5.41, 5.74) is 5.08. The third-order valence-corrected chi connectivity index (χ3v) is 8.07. The van der Waals surface area contributed by atoms with Crippen LogP contribution < -0.4 is 15.8 Å². The predicted octanol–water partition coefficient (Wildman–Crippen LogP) is 2.82. The molecule has 12 heteroatoms. The van der Waals surface area contributed by atoms with Crippen LogP contribution in [0.4, 0.5) is 16.0 Å². The van der Waals surface area contributed by atoms with E-state index >= 15 is 4.39 Å². The second-order valence-corrected chi connectivity index (χ2v) is 10.6. The first-order valence-corrected chi connectivity index (χ1v) is 12.8. The first-order valence-electron chi connectivity index (χ1n) is 12.4. The number of hydroxylamine groups is 2. The Morgan fingerprint density at radius 2 is 2.00 bits per heavy atom. The smallest absolute Gasteiger partial charge is 0.243 e. The zero-order valence-electron chi connectivity index (χ0n) is 20.3. The Balaban J connectivity index is 1.48. The summed E-state index contributed by atoms with van der Waals surface area (Å²) in [6.45, 7) is 0.520. The van der Waals surface area contributed by atoms with E-state index in [1.54, 1.807) is 0 Å². The lowest BCUT2D eigenvalue weighted by molar-refractivity contribution is -0.154. The van der Waals surface area contributed by atoms with Gasteiger partial charge < -0.3 is 9.80 Å². The van der Waals surface area contributed by atoms with E-state index in [2.05, 4.69) is 39.8 Å². The molecule has 0 spiro atoms. The maximum Gasteiger partial charge on any atom is 0.243 e. The van der Waals surface area contributed by atoms with Gasteiger partial charge in [0, 0.05) is 18.1 Å². The van der Waals surface area contributed by atoms with Crippen LogP contribution >= 0.6 is 11.6 Å². The van der Waals surface area contributed by atoms with E-state index in [-0.39, 0.29) is 41.5 Å². The van der Waals surface area contributed by atoms with Crippen LogP contribution in [0.25, 0.3) is 0 Å². The summed E-state index contributed by atoms with van der Waals surface area (Å²) >= 11 is 6.16. The highest BCUT2D eigenvalue weighted by molar-refractivity contribution is 6.28. The molecule has 3 aliphatic rings. The fourth-order valence-electron chi connectivity index (χ4n) is 5.87. The largest absolute Gasteiger partial charge is 0.349 e. The molecule has 1 saturated heterocycles. The molecule has 2 aliphatic carbocycles. The molecular formula is C23H35ClFN7O3. The number of nitrogens with zero attached hydrogens (tertiary/aromatic N) is 5. The molecule has 0 unspecified atom stereocenters. The van der Waals surface area contributed by atoms with E-state index in [1.165, 1.54) is 0 Å². The Kier molecular flexibility index (Phi) is 7.97. The molecule has 35 heavy (non-hydrogen) atoms. The van der Waals surface area contributed by atoms with Crippen molar-refractivity contribution in [1.82, 2.24) is 25.4 Å². The van der Waals surface area contributed by atoms with Gasteiger partial charge in [0.2, 0.25) is 23.4 Å². The molecule has 3 N–H and O–H groups in total. The van der Waals surface area contributed by atoms with Crippen molar-refractivity contribution in [2.45, 2.75) is 69.4 Å². The number of nitrogens with one attached hydrogen (secondary N) is 2. The van der Waals surface area contributed by atoms with Gasteiger partial charge >= 0.3 is 0 Å². The van der Waals surface area contributed by atoms with Crippen LogP contribution in [0, 0.1) is 17.7 Å². The molecule has 1 aromatic heterocycles. The molecule has 0 bridgehead atoms. The monoisotopic (exact) mass is 511 g/mol. The Bertz CT molecular complexity index is 927. The van der Waals surface area contributed by atoms with Crippen LogP contribution in [0.3, 0.4) is 0 Å². The molecule has 4 rings (SSSR count). The highest BCUT2D eigenvalue weighted by atomic mass is 35.5. The molecule has 0 radical (unpaired) electrons. The molecule has 2 saturated carbocycles. The number of carbonyl (C=O) groups is 2. The Hall–Kier alpha value is -2.24. The average molecular weight is 512 g/mol. The summed E-state index contributed by atoms with van der Waals surface area (Å²) in [6.07, 6.45) is 8.99. The van der Waals surface area contributed by atoms with Gasteiger partial charge in [0.25, 0.3) is 0 Å². The van der Waals surface area contributed by atoms with Crippen molar-refractivity contribution in [3.63, 3.8) is 0 Å². The van der Waals surface area contributed by atoms with Crippen LogP contribution in [-0.4, -0.2) is 76.2 Å². The quantitative estimate of drug-likeness (QED) is 0.180. The zero-order valence-corrected chi connectivity index (χ0v) is 21.1. The molecule has 1 aromatic rings. The normalized spacial score (nSPS) is 22.3. The van der Waals surface area contributed by atoms with E-state index in [4.69, 9.17) is 11.6 Å². The topological polar surface area (TPSA) is 114 Å². The Morgan fingerprint density at radius 3 is 2.63 bits per heavy atom. The lowest BCUT2D eigenvalue weighted by Crippen LogP contribution is -2.49. The van der Waals surface area contributed by atoms with Crippen molar-refractivity contribution in [2.75, 3.05) is 37.5 Å². The molecule has 10 nitrogen and oxygen atoms in total. The number of likely N-dealkylation sites (N-methyl/N-ethyl adjacent to an activating group) is 1. The van der Waals surface area contributed by atoms with Gasteiger partial charge in [-0.25, -0.2) is 5.06 Å². The number of carbonyl (C=O) groups excluding carboxylic acids is 2. The SMILES string of the molecule is CN(C)C1([C@@H]2CCCN2c2nc(Cl)nc(NNC(=O)[C@H](CC3CCCC3)CN(O)C=O)c2F)CC1. The number of aromatic nitrogens is 2. The fraction of sp³-hybridized carbons (Fsp3) is 0.739. The lowest BCUT2D eigenvalue weighted by Gasteiger charge is -2.37. The minimum Gasteiger partial charge on any atom is -0.349 e. The fourth-order valence-corrected chi connectivity index (χ4v) is 6.04. The van der Waals surface area contributed by atoms with E-state index in [0.29, 0.717) is 23.9 Å². The maximum atomic E-state index is 15.6. The highest BCUT2D eigenvalue weighted by Crippen LogP contribution is 2.49. The molecule has 2 amide bonds. The zero-order chi connectivity index (χ0) is 25.2. The van der Waals surface area contributed by atoms with Crippen molar-refractivity contribution in [1.29, 1.82) is 0 Å². The maximum absolute atomic E-state index is 15.6. The van der Waals surface area contributed by atoms with Crippen LogP contribution in [0.5, 0.6) is 0 Å². The second-order valence-electron chi connectivity index (χ2n) is 10.3. The minimum atomic E-state index is -0.680. The van der Waals surface area contributed by atoms with Gasteiger partial charge in [0.1, 0.15) is 0 Å². The number of hydrazine groups is 1. The molecule has 2 atom stereocenters. The first kappa shape index (κ1) is 25.8. The van der Waals surface area contributed by atoms with E-state index in [9.17, 15) is 14.8 Å². The summed E-state index contributed by atoms with van der Waals surface area (Å²) in [4.78, 5) is 36.2. The Morgan fingerprint density at radius 1 is 1.29 bits per heavy atom. The van der Waals surface area contributed by atoms with E-state index < -0.39 is 17.6 Å². The number of hydrogen-bond acceptors (Lipinski definition) is 8. The van der Waals surface area contributed by atoms with Gasteiger partial charge in [-0.1, -0.05) is 25.7 Å². The van der Waals surface area contributed by atoms with Crippen molar-refractivity contribution in [3.05, 3.63) is 11.1 Å². The number of amides is 2. The first-order chi connectivity index (χ1) is 16.7. The van der Waals surface area contributed by atoms with Gasteiger partial charge in [0.05, 0.1) is 12.5 Å². The van der Waals surface area contributed by atoms with Crippen LogP contribution in [0.2, 0.25) is 5.28 Å². The van der Waals surface area contributed by atoms with Crippen molar-refractivity contribution < 1.29 is 19.2 Å². The molecule has 3 fully saturated rings. The molecule has 0 aromatic carbocycles. The summed E-state index contributed by atoms with van der Waals surface area (Å²) in [7, 11) is 4.10. The highest BCUT2D eigenvalue weighted by Gasteiger charge is 2.55. The average Bonchev–Trinajstić information content (AvgIpc) is 3.23. The predicted molar refractivity (Wildman–Crippen MR) is 129 cm³/mol. The van der Waals surface area contributed by atoms with Crippen LogP contribution in [0.1, 0.15) is 57.8 Å². The number of anilines is 2. The van der Waals surface area contributed by atoms with Gasteiger partial charge in [0.15, 0.2) is 11.6 Å². The molecule has 1 aliphatic heterocycles. The lowest BCUT2D eigenvalue weighted by atomic mass is 9.92. The van der Waals surface area contributed by atoms with Crippen molar-refractivity contribution in [3.8, 4) is 0 Å². The standard InChI is InChI=1S/C23H35ClFN7O3/c1-30(2)23(9-10-23)17-8-5-11-32(17)20-18(25)19(26-22(24)27-20)28-29-21(34)16(13-31(35)14-33)12-15-6-3-4-7-15/h14-17,35H,3-13H2,1-2H3,(H,29,34)(H,26,27,28)/t16-,17+/m1/s1. The van der Waals surface area contributed by atoms with Crippen LogP contribution in [0.15, 0.2) is 0 Å². The number of halogens is 2. The van der Waals surface area contributed by atoms with Crippen LogP contribution in [-0.2, 0) is 9.59 Å². The van der Waals surface area contributed by atoms with Crippen molar-refractivity contribution in [2.24, 2.45) is 11.8 Å². The van der Waals surface area contributed by atoms with Gasteiger partial charge in [-0.2, -0.15) is 14.4 Å². The molecular weight excluding hydrogens is 477 g/mol. The van der Waals surface area contributed by atoms with Gasteiger partial charge in [-0.3, -0.25) is 25.6 Å². The van der Waals surface area contributed by atoms with Crippen molar-refractivity contribution >= 4 is 35.6 Å². The summed E-state index contributed by atoms with van der Waals surface area (Å²) in [5, 5.41) is 10.0. The molecule has 194 valence electrons. The minimum absolute atomic E-state index is 0.00435. The number of rotatable bonds is 11. The molecule has 2 heterocycles. The summed E-state index contributed by atoms with van der Waals surface area (Å²) in [6, 6.07) is 0.120. The van der Waals surface area contributed by atoms with E-state index in [0.717, 1.165) is 51.4 Å². The van der Waals surface area contributed by atoms with E-state index in [1.807, 2.05) is 4.90 Å². The van der Waals surface area contributed by atoms with Gasteiger partial charge in [-0.15, -0.1) is 0 Å². The third kappa shape index (κ3) is 5.62. The Labute approximate surface area is 210 Å². The summed E-state index contributed by atoms with van der Waals surface area (Å²) < 4.78 is 15.6. The summed E-state index contributed by atoms with van der Waals surface area (Å²) in [5.74, 6) is -1.54. The van der Waals surface area contributed by atoms with Gasteiger partial charge in [-0.05, 0) is 63.7 Å².